The molecule has 110 valence electrons. The molecule has 0 spiro atoms. The number of hydrogen-bond donors (Lipinski definition) is 1. The van der Waals surface area contributed by atoms with Gasteiger partial charge >= 0.3 is 0 Å². The Morgan fingerprint density at radius 3 is 2.55 bits per heavy atom. The Labute approximate surface area is 121 Å². The Bertz CT molecular complexity index is 597. The second-order valence-electron chi connectivity index (χ2n) is 5.05. The van der Waals surface area contributed by atoms with Crippen molar-refractivity contribution in [2.45, 2.75) is 20.4 Å². The molecule has 0 radical (unpaired) electrons. The van der Waals surface area contributed by atoms with Crippen LogP contribution in [0.2, 0.25) is 0 Å². The first-order valence-electron chi connectivity index (χ1n) is 6.48. The van der Waals surface area contributed by atoms with Crippen molar-refractivity contribution < 1.29 is 13.5 Å². The van der Waals surface area contributed by atoms with Gasteiger partial charge in [-0.2, -0.15) is 0 Å². The van der Waals surface area contributed by atoms with E-state index in [4.69, 9.17) is 5.11 Å². The van der Waals surface area contributed by atoms with E-state index in [1.807, 2.05) is 38.1 Å². The van der Waals surface area contributed by atoms with Gasteiger partial charge in [0.1, 0.15) is 6.61 Å². The summed E-state index contributed by atoms with van der Waals surface area (Å²) in [6, 6.07) is 7.36. The zero-order valence-corrected chi connectivity index (χ0v) is 12.9. The Hall–Kier alpha value is -1.35. The van der Waals surface area contributed by atoms with Crippen molar-refractivity contribution in [3.8, 4) is 11.8 Å². The molecule has 1 N–H and O–H groups in total. The molecule has 0 amide bonds. The lowest BCUT2D eigenvalue weighted by Crippen LogP contribution is -2.30. The highest BCUT2D eigenvalue weighted by Crippen LogP contribution is 2.14. The van der Waals surface area contributed by atoms with E-state index in [0.717, 1.165) is 11.1 Å². The van der Waals surface area contributed by atoms with E-state index in [-0.39, 0.29) is 24.8 Å². The van der Waals surface area contributed by atoms with Gasteiger partial charge in [0.05, 0.1) is 5.75 Å². The number of rotatable bonds is 5. The molecular formula is C15H21NO3S. The molecule has 0 atom stereocenters. The molecular weight excluding hydrogens is 274 g/mol. The third kappa shape index (κ3) is 4.97. The van der Waals surface area contributed by atoms with Crippen molar-refractivity contribution in [2.24, 2.45) is 5.92 Å². The third-order valence-electron chi connectivity index (χ3n) is 2.73. The lowest BCUT2D eigenvalue weighted by molar-refractivity contribution is 0.350. The zero-order chi connectivity index (χ0) is 15.2. The predicted molar refractivity (Wildman–Crippen MR) is 80.5 cm³/mol. The van der Waals surface area contributed by atoms with Gasteiger partial charge in [0, 0.05) is 19.2 Å². The second-order valence-corrected chi connectivity index (χ2v) is 7.17. The van der Waals surface area contributed by atoms with Crippen LogP contribution < -0.4 is 0 Å². The summed E-state index contributed by atoms with van der Waals surface area (Å²) in [4.78, 5) is 0. The van der Waals surface area contributed by atoms with Gasteiger partial charge in [-0.15, -0.1) is 0 Å². The number of sulfonamides is 1. The van der Waals surface area contributed by atoms with Crippen molar-refractivity contribution in [3.63, 3.8) is 0 Å². The molecule has 0 saturated carbocycles. The molecule has 0 bridgehead atoms. The number of hydrogen-bond acceptors (Lipinski definition) is 3. The van der Waals surface area contributed by atoms with Crippen molar-refractivity contribution in [1.82, 2.24) is 4.31 Å². The van der Waals surface area contributed by atoms with Crippen LogP contribution in [-0.2, 0) is 16.6 Å². The van der Waals surface area contributed by atoms with Crippen molar-refractivity contribution in [2.75, 3.05) is 19.4 Å². The Morgan fingerprint density at radius 1 is 1.30 bits per heavy atom. The van der Waals surface area contributed by atoms with Crippen LogP contribution in [0.1, 0.15) is 25.0 Å². The molecule has 0 aliphatic carbocycles. The van der Waals surface area contributed by atoms with Gasteiger partial charge in [-0.25, -0.2) is 12.7 Å². The topological polar surface area (TPSA) is 57.6 Å². The minimum absolute atomic E-state index is 0.0897. The lowest BCUT2D eigenvalue weighted by Gasteiger charge is -2.19. The first-order chi connectivity index (χ1) is 9.36. The second kappa shape index (κ2) is 7.44. The first-order valence-corrected chi connectivity index (χ1v) is 8.09. The fraction of sp³-hybridized carbons (Fsp3) is 0.467. The highest BCUT2D eigenvalue weighted by Gasteiger charge is 2.20. The van der Waals surface area contributed by atoms with E-state index in [2.05, 4.69) is 11.8 Å². The molecule has 0 unspecified atom stereocenters. The van der Waals surface area contributed by atoms with Gasteiger partial charge < -0.3 is 5.11 Å². The van der Waals surface area contributed by atoms with Gasteiger partial charge in [-0.1, -0.05) is 43.9 Å². The molecule has 0 aliphatic heterocycles. The van der Waals surface area contributed by atoms with Crippen molar-refractivity contribution >= 4 is 10.0 Å². The standard InChI is InChI=1S/C15H21NO3S/c1-13(2)12-20(18,19)16(3)11-15-8-5-4-7-14(15)9-6-10-17/h4-5,7-8,13,17H,10-12H2,1-3H3. The van der Waals surface area contributed by atoms with Crippen LogP contribution >= 0.6 is 0 Å². The van der Waals surface area contributed by atoms with Crippen LogP contribution in [0.5, 0.6) is 0 Å². The molecule has 0 aliphatic rings. The SMILES string of the molecule is CC(C)CS(=O)(=O)N(C)Cc1ccccc1C#CCO. The lowest BCUT2D eigenvalue weighted by atomic mass is 10.1. The monoisotopic (exact) mass is 295 g/mol. The molecule has 0 fully saturated rings. The summed E-state index contributed by atoms with van der Waals surface area (Å²) in [6.07, 6.45) is 0. The molecule has 1 aromatic carbocycles. The van der Waals surface area contributed by atoms with E-state index < -0.39 is 10.0 Å². The van der Waals surface area contributed by atoms with Gasteiger partial charge in [0.15, 0.2) is 0 Å². The number of benzene rings is 1. The summed E-state index contributed by atoms with van der Waals surface area (Å²) in [6.45, 7) is 3.83. The molecule has 20 heavy (non-hydrogen) atoms. The van der Waals surface area contributed by atoms with Crippen molar-refractivity contribution in [1.29, 1.82) is 0 Å². The molecule has 0 heterocycles. The molecule has 5 heteroatoms. The maximum Gasteiger partial charge on any atom is 0.214 e. The van der Waals surface area contributed by atoms with Gasteiger partial charge in [0.2, 0.25) is 10.0 Å². The normalized spacial score (nSPS) is 11.5. The van der Waals surface area contributed by atoms with E-state index in [0.29, 0.717) is 0 Å². The summed E-state index contributed by atoms with van der Waals surface area (Å²) in [7, 11) is -1.68. The third-order valence-corrected chi connectivity index (χ3v) is 4.90. The molecule has 4 nitrogen and oxygen atoms in total. The Balaban J connectivity index is 2.93. The van der Waals surface area contributed by atoms with E-state index >= 15 is 0 Å². The Morgan fingerprint density at radius 2 is 1.95 bits per heavy atom. The van der Waals surface area contributed by atoms with Crippen LogP contribution in [0.25, 0.3) is 0 Å². The highest BCUT2D eigenvalue weighted by molar-refractivity contribution is 7.89. The highest BCUT2D eigenvalue weighted by atomic mass is 32.2. The summed E-state index contributed by atoms with van der Waals surface area (Å²) in [5.41, 5.74) is 1.58. The average molecular weight is 295 g/mol. The fourth-order valence-corrected chi connectivity index (χ4v) is 3.23. The molecule has 1 rings (SSSR count). The van der Waals surface area contributed by atoms with E-state index in [1.54, 1.807) is 7.05 Å². The average Bonchev–Trinajstić information content (AvgIpc) is 2.36. The van der Waals surface area contributed by atoms with E-state index in [9.17, 15) is 8.42 Å². The van der Waals surface area contributed by atoms with Crippen LogP contribution in [0.4, 0.5) is 0 Å². The first kappa shape index (κ1) is 16.7. The largest absolute Gasteiger partial charge is 0.384 e. The molecule has 1 aromatic rings. The maximum absolute atomic E-state index is 12.1. The fourth-order valence-electron chi connectivity index (χ4n) is 1.80. The van der Waals surface area contributed by atoms with Gasteiger partial charge in [-0.3, -0.25) is 0 Å². The quantitative estimate of drug-likeness (QED) is 0.837. The molecule has 0 aromatic heterocycles. The van der Waals surface area contributed by atoms with Crippen LogP contribution in [0.3, 0.4) is 0 Å². The summed E-state index contributed by atoms with van der Waals surface area (Å²) in [5, 5.41) is 8.75. The van der Waals surface area contributed by atoms with Gasteiger partial charge in [0.25, 0.3) is 0 Å². The minimum Gasteiger partial charge on any atom is -0.384 e. The van der Waals surface area contributed by atoms with E-state index in [1.165, 1.54) is 4.31 Å². The number of aliphatic hydroxyl groups excluding tert-OH is 1. The van der Waals surface area contributed by atoms with Crippen LogP contribution in [0, 0.1) is 17.8 Å². The minimum atomic E-state index is -3.26. The summed E-state index contributed by atoms with van der Waals surface area (Å²) >= 11 is 0. The van der Waals surface area contributed by atoms with Crippen LogP contribution in [-0.4, -0.2) is 37.2 Å². The zero-order valence-electron chi connectivity index (χ0n) is 12.1. The number of nitrogens with zero attached hydrogens (tertiary/aromatic N) is 1. The van der Waals surface area contributed by atoms with Crippen molar-refractivity contribution in [3.05, 3.63) is 35.4 Å². The Kier molecular flexibility index (Phi) is 6.21. The summed E-state index contributed by atoms with van der Waals surface area (Å²) < 4.78 is 25.6. The number of aliphatic hydroxyl groups is 1. The van der Waals surface area contributed by atoms with Gasteiger partial charge in [-0.05, 0) is 17.5 Å². The maximum atomic E-state index is 12.1. The van der Waals surface area contributed by atoms with Crippen LogP contribution in [0.15, 0.2) is 24.3 Å². The summed E-state index contributed by atoms with van der Waals surface area (Å²) in [5.74, 6) is 5.65. The smallest absolute Gasteiger partial charge is 0.214 e. The molecule has 0 saturated heterocycles. The predicted octanol–water partition coefficient (Wildman–Crippen LogP) is 1.45.